The highest BCUT2D eigenvalue weighted by atomic mass is 32.2. The molecule has 158 valence electrons. The molecule has 1 aliphatic rings. The van der Waals surface area contributed by atoms with Crippen LogP contribution in [0.4, 0.5) is 23.2 Å². The van der Waals surface area contributed by atoms with Crippen molar-refractivity contribution in [3.05, 3.63) is 59.9 Å². The summed E-state index contributed by atoms with van der Waals surface area (Å²) in [5.74, 6) is -0.197. The fourth-order valence-corrected chi connectivity index (χ4v) is 2.99. The van der Waals surface area contributed by atoms with Gasteiger partial charge in [0, 0.05) is 5.69 Å². The number of anilines is 1. The Morgan fingerprint density at radius 3 is 2.07 bits per heavy atom. The van der Waals surface area contributed by atoms with Gasteiger partial charge in [-0.2, -0.15) is 34.2 Å². The molecular weight excluding hydrogens is 434 g/mol. The standard InChI is InChI=1S/C16H11F4NO4S.C2H6S/c17-11-3-5-12(6-4-11)21-14(9-15(21)22)10-1-7-13(8-2-10)25-26(23,24)16(18,19)20;1-2-3/h1-8,14H,9H2;3H,2H2,1H3. The van der Waals surface area contributed by atoms with Crippen molar-refractivity contribution in [2.24, 2.45) is 0 Å². The van der Waals surface area contributed by atoms with Gasteiger partial charge in [0.2, 0.25) is 5.91 Å². The monoisotopic (exact) mass is 451 g/mol. The first-order valence-corrected chi connectivity index (χ1v) is 10.3. The molecule has 1 atom stereocenters. The van der Waals surface area contributed by atoms with E-state index in [0.29, 0.717) is 11.3 Å². The Morgan fingerprint density at radius 2 is 1.62 bits per heavy atom. The lowest BCUT2D eigenvalue weighted by molar-refractivity contribution is -0.124. The van der Waals surface area contributed by atoms with Crippen molar-refractivity contribution in [2.75, 3.05) is 10.7 Å². The van der Waals surface area contributed by atoms with E-state index >= 15 is 0 Å². The fraction of sp³-hybridized carbons (Fsp3) is 0.278. The van der Waals surface area contributed by atoms with E-state index in [9.17, 15) is 30.8 Å². The number of carbonyl (C=O) groups excluding carboxylic acids is 1. The molecule has 0 radical (unpaired) electrons. The maximum absolute atomic E-state index is 13.0. The molecule has 0 saturated carbocycles. The van der Waals surface area contributed by atoms with Gasteiger partial charge in [0.25, 0.3) is 0 Å². The molecule has 1 fully saturated rings. The van der Waals surface area contributed by atoms with Gasteiger partial charge in [0.15, 0.2) is 0 Å². The SMILES string of the molecule is CCS.O=C1CC(c2ccc(OS(=O)(=O)C(F)(F)F)cc2)N1c1ccc(F)cc1. The second kappa shape index (κ2) is 9.04. The zero-order chi connectivity index (χ0) is 21.8. The molecule has 0 aromatic heterocycles. The predicted molar refractivity (Wildman–Crippen MR) is 103 cm³/mol. The van der Waals surface area contributed by atoms with Crippen LogP contribution in [0.25, 0.3) is 0 Å². The lowest BCUT2D eigenvalue weighted by Crippen LogP contribution is -2.46. The minimum atomic E-state index is -5.74. The Hall–Kier alpha value is -2.27. The number of β-lactam (4-membered cyclic amide) rings is 1. The van der Waals surface area contributed by atoms with Crippen LogP contribution in [0.5, 0.6) is 5.75 Å². The molecule has 0 spiro atoms. The topological polar surface area (TPSA) is 63.7 Å². The molecule has 3 rings (SSSR count). The number of rotatable bonds is 4. The van der Waals surface area contributed by atoms with Gasteiger partial charge in [0.05, 0.1) is 12.5 Å². The third kappa shape index (κ3) is 5.41. The Balaban J connectivity index is 0.000000941. The molecule has 1 amide bonds. The van der Waals surface area contributed by atoms with E-state index in [0.717, 1.165) is 17.9 Å². The minimum Gasteiger partial charge on any atom is -0.376 e. The number of amides is 1. The quantitative estimate of drug-likeness (QED) is 0.245. The normalized spacial score (nSPS) is 16.6. The highest BCUT2D eigenvalue weighted by Gasteiger charge is 2.48. The van der Waals surface area contributed by atoms with Crippen LogP contribution in [0.15, 0.2) is 48.5 Å². The Labute approximate surface area is 170 Å². The highest BCUT2D eigenvalue weighted by Crippen LogP contribution is 2.39. The van der Waals surface area contributed by atoms with Crippen LogP contribution in [-0.4, -0.2) is 25.6 Å². The Morgan fingerprint density at radius 1 is 1.10 bits per heavy atom. The number of benzene rings is 2. The van der Waals surface area contributed by atoms with Crippen molar-refractivity contribution in [3.63, 3.8) is 0 Å². The van der Waals surface area contributed by atoms with Crippen molar-refractivity contribution >= 4 is 34.3 Å². The van der Waals surface area contributed by atoms with E-state index in [1.54, 1.807) is 0 Å². The molecule has 2 aromatic rings. The maximum Gasteiger partial charge on any atom is 0.534 e. The first-order chi connectivity index (χ1) is 13.5. The van der Waals surface area contributed by atoms with Gasteiger partial charge in [0.1, 0.15) is 11.6 Å². The first-order valence-electron chi connectivity index (χ1n) is 8.29. The van der Waals surface area contributed by atoms with Crippen molar-refractivity contribution in [1.82, 2.24) is 0 Å². The summed E-state index contributed by atoms with van der Waals surface area (Å²) in [5.41, 5.74) is -4.47. The first kappa shape index (κ1) is 23.0. The summed E-state index contributed by atoms with van der Waals surface area (Å²) in [7, 11) is -5.74. The lowest BCUT2D eigenvalue weighted by atomic mass is 9.93. The summed E-state index contributed by atoms with van der Waals surface area (Å²) in [6, 6.07) is 9.78. The average Bonchev–Trinajstić information content (AvgIpc) is 2.62. The second-order valence-electron chi connectivity index (χ2n) is 5.83. The van der Waals surface area contributed by atoms with Gasteiger partial charge in [-0.15, -0.1) is 0 Å². The summed E-state index contributed by atoms with van der Waals surface area (Å²) in [6.45, 7) is 1.99. The van der Waals surface area contributed by atoms with E-state index in [-0.39, 0.29) is 18.4 Å². The number of carbonyl (C=O) groups is 1. The van der Waals surface area contributed by atoms with Crippen LogP contribution in [-0.2, 0) is 14.9 Å². The van der Waals surface area contributed by atoms with Crippen LogP contribution in [0, 0.1) is 5.82 Å². The van der Waals surface area contributed by atoms with Gasteiger partial charge in [-0.25, -0.2) is 4.39 Å². The van der Waals surface area contributed by atoms with E-state index in [1.165, 1.54) is 41.3 Å². The van der Waals surface area contributed by atoms with Crippen molar-refractivity contribution in [1.29, 1.82) is 0 Å². The zero-order valence-electron chi connectivity index (χ0n) is 15.1. The van der Waals surface area contributed by atoms with E-state index in [2.05, 4.69) is 16.8 Å². The Kier molecular flexibility index (Phi) is 7.17. The van der Waals surface area contributed by atoms with E-state index in [1.807, 2.05) is 6.92 Å². The molecule has 29 heavy (non-hydrogen) atoms. The minimum absolute atomic E-state index is 0.165. The molecule has 1 saturated heterocycles. The van der Waals surface area contributed by atoms with Gasteiger partial charge in [-0.3, -0.25) is 4.79 Å². The highest BCUT2D eigenvalue weighted by molar-refractivity contribution is 7.88. The zero-order valence-corrected chi connectivity index (χ0v) is 16.8. The van der Waals surface area contributed by atoms with Crippen LogP contribution < -0.4 is 9.08 Å². The summed E-state index contributed by atoms with van der Waals surface area (Å²) in [4.78, 5) is 13.3. The van der Waals surface area contributed by atoms with E-state index in [4.69, 9.17) is 0 Å². The lowest BCUT2D eigenvalue weighted by Gasteiger charge is -2.40. The molecule has 11 heteroatoms. The Bertz CT molecular complexity index is 945. The summed E-state index contributed by atoms with van der Waals surface area (Å²) in [6.07, 6.45) is 0.165. The van der Waals surface area contributed by atoms with E-state index < -0.39 is 27.2 Å². The average molecular weight is 451 g/mol. The summed E-state index contributed by atoms with van der Waals surface area (Å²) < 4.78 is 75.9. The number of halogens is 4. The molecule has 1 aliphatic heterocycles. The molecular formula is C18H17F4NO4S2. The van der Waals surface area contributed by atoms with Gasteiger partial charge >= 0.3 is 15.6 Å². The number of hydrogen-bond donors (Lipinski definition) is 1. The maximum atomic E-state index is 13.0. The molecule has 0 aliphatic carbocycles. The molecule has 0 N–H and O–H groups in total. The van der Waals surface area contributed by atoms with Crippen LogP contribution in [0.2, 0.25) is 0 Å². The molecule has 1 unspecified atom stereocenters. The summed E-state index contributed by atoms with van der Waals surface area (Å²) >= 11 is 3.79. The third-order valence-corrected chi connectivity index (χ3v) is 4.79. The number of nitrogens with zero attached hydrogens (tertiary/aromatic N) is 1. The van der Waals surface area contributed by atoms with Crippen LogP contribution in [0.1, 0.15) is 24.9 Å². The van der Waals surface area contributed by atoms with Gasteiger partial charge < -0.3 is 9.08 Å². The van der Waals surface area contributed by atoms with Gasteiger partial charge in [-0.05, 0) is 47.7 Å². The van der Waals surface area contributed by atoms with Crippen molar-refractivity contribution < 1.29 is 35.0 Å². The second-order valence-corrected chi connectivity index (χ2v) is 8.00. The number of hydrogen-bond acceptors (Lipinski definition) is 5. The van der Waals surface area contributed by atoms with Gasteiger partial charge in [-0.1, -0.05) is 19.1 Å². The smallest absolute Gasteiger partial charge is 0.376 e. The fourth-order valence-electron chi connectivity index (χ4n) is 2.53. The number of thiol groups is 1. The van der Waals surface area contributed by atoms with Crippen LogP contribution in [0.3, 0.4) is 0 Å². The van der Waals surface area contributed by atoms with Crippen LogP contribution >= 0.6 is 12.6 Å². The van der Waals surface area contributed by atoms with Crippen molar-refractivity contribution in [2.45, 2.75) is 24.9 Å². The number of alkyl halides is 3. The molecule has 1 heterocycles. The summed E-state index contributed by atoms with van der Waals surface area (Å²) in [5, 5.41) is 0. The molecule has 5 nitrogen and oxygen atoms in total. The van der Waals surface area contributed by atoms with Crippen molar-refractivity contribution in [3.8, 4) is 5.75 Å². The molecule has 0 bridgehead atoms. The largest absolute Gasteiger partial charge is 0.534 e. The third-order valence-electron chi connectivity index (χ3n) is 3.81. The predicted octanol–water partition coefficient (Wildman–Crippen LogP) is 4.47. The molecule has 2 aromatic carbocycles.